The number of allylic oxidation sites excluding steroid dienone is 2. The van der Waals surface area contributed by atoms with Crippen molar-refractivity contribution in [3.63, 3.8) is 0 Å². The van der Waals surface area contributed by atoms with Gasteiger partial charge in [-0.05, 0) is 50.2 Å². The van der Waals surface area contributed by atoms with Gasteiger partial charge in [0.05, 0.1) is 25.4 Å². The topological polar surface area (TPSA) is 107 Å². The summed E-state index contributed by atoms with van der Waals surface area (Å²) in [7, 11) is 1.64. The van der Waals surface area contributed by atoms with Crippen molar-refractivity contribution < 1.29 is 30.0 Å². The fourth-order valence-electron chi connectivity index (χ4n) is 3.69. The summed E-state index contributed by atoms with van der Waals surface area (Å²) in [5.74, 6) is -1.11. The molecule has 5 atom stereocenters. The number of hydrogen-bond donors (Lipinski definition) is 4. The molecule has 1 aliphatic rings. The number of aliphatic carboxylic acids is 1. The van der Waals surface area contributed by atoms with E-state index in [1.54, 1.807) is 24.5 Å². The predicted molar refractivity (Wildman–Crippen MR) is 113 cm³/mol. The number of aliphatic hydroxyl groups is 3. The first-order chi connectivity index (χ1) is 13.9. The molecule has 0 saturated heterocycles. The highest BCUT2D eigenvalue weighted by Gasteiger charge is 2.39. The van der Waals surface area contributed by atoms with Crippen LogP contribution in [0.25, 0.3) is 0 Å². The molecule has 1 aromatic heterocycles. The molecule has 0 amide bonds. The van der Waals surface area contributed by atoms with Crippen molar-refractivity contribution in [1.82, 2.24) is 0 Å². The van der Waals surface area contributed by atoms with Crippen LogP contribution in [0.3, 0.4) is 0 Å². The zero-order valence-corrected chi connectivity index (χ0v) is 17.6. The molecular formula is C22H32O6S. The molecule has 4 N–H and O–H groups in total. The number of unbranched alkanes of at least 4 members (excludes halogenated alkanes) is 1. The van der Waals surface area contributed by atoms with E-state index in [1.807, 2.05) is 30.4 Å². The number of carbonyl (C=O) groups is 1. The van der Waals surface area contributed by atoms with Crippen molar-refractivity contribution in [2.45, 2.75) is 63.3 Å². The fraction of sp³-hybridized carbons (Fsp3) is 0.591. The van der Waals surface area contributed by atoms with E-state index < -0.39 is 24.3 Å². The van der Waals surface area contributed by atoms with Crippen LogP contribution in [0.2, 0.25) is 0 Å². The van der Waals surface area contributed by atoms with Gasteiger partial charge in [0.2, 0.25) is 0 Å². The zero-order chi connectivity index (χ0) is 21.2. The summed E-state index contributed by atoms with van der Waals surface area (Å²) in [6.07, 6.45) is 9.33. The van der Waals surface area contributed by atoms with Gasteiger partial charge in [-0.3, -0.25) is 4.79 Å². The number of methoxy groups -OCH3 is 1. The van der Waals surface area contributed by atoms with Gasteiger partial charge in [-0.2, -0.15) is 0 Å². The first kappa shape index (κ1) is 23.6. The Labute approximate surface area is 176 Å². The lowest BCUT2D eigenvalue weighted by Gasteiger charge is -2.19. The quantitative estimate of drug-likeness (QED) is 0.303. The Morgan fingerprint density at radius 3 is 2.79 bits per heavy atom. The van der Waals surface area contributed by atoms with E-state index in [2.05, 4.69) is 0 Å². The van der Waals surface area contributed by atoms with Gasteiger partial charge in [0.15, 0.2) is 5.06 Å². The number of ether oxygens (including phenoxy) is 1. The van der Waals surface area contributed by atoms with Crippen molar-refractivity contribution in [2.24, 2.45) is 11.8 Å². The number of thiophene rings is 1. The van der Waals surface area contributed by atoms with Gasteiger partial charge in [-0.15, -0.1) is 11.3 Å². The minimum absolute atomic E-state index is 0.106. The molecule has 1 aliphatic carbocycles. The van der Waals surface area contributed by atoms with Gasteiger partial charge < -0.3 is 25.2 Å². The number of hydrogen-bond acceptors (Lipinski definition) is 6. The Kier molecular flexibility index (Phi) is 9.87. The van der Waals surface area contributed by atoms with Crippen LogP contribution >= 0.6 is 11.3 Å². The lowest BCUT2D eigenvalue weighted by atomic mass is 9.89. The van der Waals surface area contributed by atoms with Crippen LogP contribution in [-0.2, 0) is 11.2 Å². The summed E-state index contributed by atoms with van der Waals surface area (Å²) in [6.45, 7) is 0. The van der Waals surface area contributed by atoms with Gasteiger partial charge in [0.25, 0.3) is 0 Å². The molecule has 1 saturated carbocycles. The highest BCUT2D eigenvalue weighted by Crippen LogP contribution is 2.36. The molecule has 0 unspecified atom stereocenters. The number of carboxylic acids is 1. The van der Waals surface area contributed by atoms with E-state index in [9.17, 15) is 20.1 Å². The predicted octanol–water partition coefficient (Wildman–Crippen LogP) is 3.17. The molecule has 7 heteroatoms. The largest absolute Gasteiger partial charge is 0.487 e. The normalized spacial score (nSPS) is 25.8. The molecular weight excluding hydrogens is 392 g/mol. The van der Waals surface area contributed by atoms with Crippen molar-refractivity contribution in [3.8, 4) is 5.06 Å². The van der Waals surface area contributed by atoms with Crippen molar-refractivity contribution >= 4 is 17.3 Å². The maximum atomic E-state index is 10.5. The van der Waals surface area contributed by atoms with Gasteiger partial charge in [0.1, 0.15) is 0 Å². The molecule has 0 spiro atoms. The van der Waals surface area contributed by atoms with Gasteiger partial charge >= 0.3 is 5.97 Å². The highest BCUT2D eigenvalue weighted by molar-refractivity contribution is 7.13. The van der Waals surface area contributed by atoms with Gasteiger partial charge in [0, 0.05) is 23.6 Å². The molecule has 0 aromatic carbocycles. The SMILES string of the molecule is COc1ccc(CC[C@H](O)C=C[C@@H]2[C@@H](CC=CCCCC(=O)O)[C@@H](O)C[C@H]2O)s1. The van der Waals surface area contributed by atoms with Crippen molar-refractivity contribution in [2.75, 3.05) is 7.11 Å². The molecule has 29 heavy (non-hydrogen) atoms. The van der Waals surface area contributed by atoms with Gasteiger partial charge in [-0.1, -0.05) is 24.3 Å². The number of aryl methyl sites for hydroxylation is 1. The molecule has 6 nitrogen and oxygen atoms in total. The van der Waals surface area contributed by atoms with E-state index in [0.717, 1.165) is 16.4 Å². The van der Waals surface area contributed by atoms with Gasteiger partial charge in [-0.25, -0.2) is 0 Å². The fourth-order valence-corrected chi connectivity index (χ4v) is 4.53. The van der Waals surface area contributed by atoms with Crippen molar-refractivity contribution in [1.29, 1.82) is 0 Å². The first-order valence-electron chi connectivity index (χ1n) is 10.1. The minimum Gasteiger partial charge on any atom is -0.487 e. The summed E-state index contributed by atoms with van der Waals surface area (Å²) in [4.78, 5) is 11.7. The highest BCUT2D eigenvalue weighted by atomic mass is 32.1. The number of carboxylic acid groups (broad SMARTS) is 1. The molecule has 0 bridgehead atoms. The van der Waals surface area contributed by atoms with E-state index in [4.69, 9.17) is 9.84 Å². The van der Waals surface area contributed by atoms with E-state index in [1.165, 1.54) is 0 Å². The second-order valence-corrected chi connectivity index (χ2v) is 8.65. The smallest absolute Gasteiger partial charge is 0.303 e. The summed E-state index contributed by atoms with van der Waals surface area (Å²) in [5.41, 5.74) is 0. The van der Waals surface area contributed by atoms with Crippen LogP contribution in [0.15, 0.2) is 36.4 Å². The van der Waals surface area contributed by atoms with Crippen LogP contribution < -0.4 is 4.74 Å². The summed E-state index contributed by atoms with van der Waals surface area (Å²) >= 11 is 1.56. The monoisotopic (exact) mass is 424 g/mol. The Hall–Kier alpha value is -1.67. The van der Waals surface area contributed by atoms with E-state index in [0.29, 0.717) is 32.1 Å². The Balaban J connectivity index is 1.81. The Morgan fingerprint density at radius 2 is 2.10 bits per heavy atom. The summed E-state index contributed by atoms with van der Waals surface area (Å²) in [5, 5.41) is 40.3. The summed E-state index contributed by atoms with van der Waals surface area (Å²) in [6, 6.07) is 3.91. The minimum atomic E-state index is -0.797. The van der Waals surface area contributed by atoms with E-state index >= 15 is 0 Å². The second kappa shape index (κ2) is 12.1. The Bertz CT molecular complexity index is 683. The second-order valence-electron chi connectivity index (χ2n) is 7.52. The Morgan fingerprint density at radius 1 is 1.31 bits per heavy atom. The lowest BCUT2D eigenvalue weighted by molar-refractivity contribution is -0.137. The molecule has 0 radical (unpaired) electrons. The van der Waals surface area contributed by atoms with Crippen LogP contribution in [0, 0.1) is 11.8 Å². The molecule has 162 valence electrons. The number of rotatable bonds is 12. The maximum Gasteiger partial charge on any atom is 0.303 e. The first-order valence-corrected chi connectivity index (χ1v) is 10.9. The van der Waals surface area contributed by atoms with E-state index in [-0.39, 0.29) is 18.3 Å². The average molecular weight is 425 g/mol. The zero-order valence-electron chi connectivity index (χ0n) is 16.8. The maximum absolute atomic E-state index is 10.5. The third-order valence-corrected chi connectivity index (χ3v) is 6.44. The van der Waals surface area contributed by atoms with Crippen LogP contribution in [0.4, 0.5) is 0 Å². The van der Waals surface area contributed by atoms with Crippen LogP contribution in [0.5, 0.6) is 5.06 Å². The molecule has 1 aromatic rings. The molecule has 1 fully saturated rings. The van der Waals surface area contributed by atoms with Crippen LogP contribution in [0.1, 0.15) is 43.4 Å². The molecule has 0 aliphatic heterocycles. The third-order valence-electron chi connectivity index (χ3n) is 5.33. The number of aliphatic hydroxyl groups excluding tert-OH is 3. The van der Waals surface area contributed by atoms with Crippen molar-refractivity contribution in [3.05, 3.63) is 41.3 Å². The molecule has 2 rings (SSSR count). The average Bonchev–Trinajstić information content (AvgIpc) is 3.25. The standard InChI is InChI=1S/C22H32O6S/c1-28-22-13-11-16(29-22)10-8-15(23)9-12-18-17(19(24)14-20(18)25)6-4-2-3-5-7-21(26)27/h2,4,9,11-13,15,17-20,23-25H,3,5-8,10,14H2,1H3,(H,26,27)/t15-,17+,18+,19-,20+/m0/s1. The summed E-state index contributed by atoms with van der Waals surface area (Å²) < 4.78 is 5.17. The molecule has 1 heterocycles. The third kappa shape index (κ3) is 7.93. The van der Waals surface area contributed by atoms with Crippen LogP contribution in [-0.4, -0.2) is 51.8 Å². The lowest BCUT2D eigenvalue weighted by Crippen LogP contribution is -2.20.